The van der Waals surface area contributed by atoms with Crippen LogP contribution in [0.4, 0.5) is 5.69 Å². The molecule has 104 valence electrons. The Hall–Kier alpha value is -2.31. The first-order chi connectivity index (χ1) is 8.99. The van der Waals surface area contributed by atoms with Crippen molar-refractivity contribution in [2.24, 2.45) is 0 Å². The van der Waals surface area contributed by atoms with Crippen LogP contribution in [0.5, 0.6) is 11.5 Å². The third-order valence-electron chi connectivity index (χ3n) is 2.42. The van der Waals surface area contributed by atoms with E-state index in [-0.39, 0.29) is 30.0 Å². The zero-order valence-corrected chi connectivity index (χ0v) is 10.7. The minimum atomic E-state index is -0.962. The van der Waals surface area contributed by atoms with E-state index < -0.39 is 10.9 Å². The van der Waals surface area contributed by atoms with E-state index in [1.807, 2.05) is 0 Å². The molecule has 0 aliphatic rings. The van der Waals surface area contributed by atoms with Crippen LogP contribution in [0.15, 0.2) is 12.1 Å². The molecular weight excluding hydrogens is 254 g/mol. The highest BCUT2D eigenvalue weighted by Gasteiger charge is 2.21. The van der Waals surface area contributed by atoms with Crippen LogP contribution in [0, 0.1) is 10.1 Å². The zero-order valence-electron chi connectivity index (χ0n) is 10.7. The van der Waals surface area contributed by atoms with E-state index in [2.05, 4.69) is 0 Å². The standard InChI is InChI=1S/C12H15NO6/c1-3-19-10-7-8(4-5-11(14)15)6-9(13(16)17)12(10)18-2/h6-7H,3-5H2,1-2H3,(H,14,15). The molecule has 0 radical (unpaired) electrons. The number of carbonyl (C=O) groups is 1. The first-order valence-corrected chi connectivity index (χ1v) is 5.69. The van der Waals surface area contributed by atoms with Gasteiger partial charge in [0.25, 0.3) is 0 Å². The number of nitro groups is 1. The van der Waals surface area contributed by atoms with Gasteiger partial charge in [0.2, 0.25) is 5.75 Å². The number of nitrogens with zero attached hydrogens (tertiary/aromatic N) is 1. The van der Waals surface area contributed by atoms with E-state index >= 15 is 0 Å². The lowest BCUT2D eigenvalue weighted by molar-refractivity contribution is -0.385. The maximum Gasteiger partial charge on any atom is 0.315 e. The summed E-state index contributed by atoms with van der Waals surface area (Å²) in [5.74, 6) is -0.665. The minimum Gasteiger partial charge on any atom is -0.490 e. The lowest BCUT2D eigenvalue weighted by Gasteiger charge is -2.11. The summed E-state index contributed by atoms with van der Waals surface area (Å²) in [7, 11) is 1.32. The minimum absolute atomic E-state index is 0.0472. The molecule has 7 heteroatoms. The van der Waals surface area contributed by atoms with Crippen molar-refractivity contribution in [2.75, 3.05) is 13.7 Å². The number of carboxylic acid groups (broad SMARTS) is 1. The van der Waals surface area contributed by atoms with Crippen molar-refractivity contribution >= 4 is 11.7 Å². The van der Waals surface area contributed by atoms with Crippen LogP contribution in [0.25, 0.3) is 0 Å². The Morgan fingerprint density at radius 1 is 1.47 bits per heavy atom. The second-order valence-corrected chi connectivity index (χ2v) is 3.73. The summed E-state index contributed by atoms with van der Waals surface area (Å²) in [4.78, 5) is 20.9. The lowest BCUT2D eigenvalue weighted by Crippen LogP contribution is -2.03. The predicted molar refractivity (Wildman–Crippen MR) is 66.8 cm³/mol. The van der Waals surface area contributed by atoms with Crippen molar-refractivity contribution < 1.29 is 24.3 Å². The summed E-state index contributed by atoms with van der Waals surface area (Å²) in [6.07, 6.45) is 0.0925. The monoisotopic (exact) mass is 269 g/mol. The maximum atomic E-state index is 11.0. The van der Waals surface area contributed by atoms with Crippen LogP contribution >= 0.6 is 0 Å². The van der Waals surface area contributed by atoms with Crippen molar-refractivity contribution in [3.63, 3.8) is 0 Å². The fourth-order valence-corrected chi connectivity index (χ4v) is 1.64. The first-order valence-electron chi connectivity index (χ1n) is 5.69. The number of aryl methyl sites for hydroxylation is 1. The van der Waals surface area contributed by atoms with E-state index in [1.165, 1.54) is 13.2 Å². The van der Waals surface area contributed by atoms with Crippen LogP contribution in [-0.2, 0) is 11.2 Å². The van der Waals surface area contributed by atoms with E-state index in [0.29, 0.717) is 12.2 Å². The van der Waals surface area contributed by atoms with Gasteiger partial charge in [0.1, 0.15) is 0 Å². The van der Waals surface area contributed by atoms with Gasteiger partial charge in [0, 0.05) is 12.5 Å². The molecule has 1 rings (SSSR count). The molecule has 0 aromatic heterocycles. The number of ether oxygens (including phenoxy) is 2. The SMILES string of the molecule is CCOc1cc(CCC(=O)O)cc([N+](=O)[O-])c1OC. The van der Waals surface area contributed by atoms with Gasteiger partial charge in [-0.15, -0.1) is 0 Å². The van der Waals surface area contributed by atoms with Crippen LogP contribution in [0.2, 0.25) is 0 Å². The number of methoxy groups -OCH3 is 1. The molecule has 0 saturated heterocycles. The Labute approximate surface area is 109 Å². The number of hydrogen-bond acceptors (Lipinski definition) is 5. The van der Waals surface area contributed by atoms with Crippen molar-refractivity contribution in [2.45, 2.75) is 19.8 Å². The summed E-state index contributed by atoms with van der Waals surface area (Å²) in [6.45, 7) is 2.07. The van der Waals surface area contributed by atoms with Gasteiger partial charge in [0.15, 0.2) is 5.75 Å². The number of benzene rings is 1. The molecule has 0 saturated carbocycles. The Balaban J connectivity index is 3.20. The van der Waals surface area contributed by atoms with Gasteiger partial charge >= 0.3 is 11.7 Å². The van der Waals surface area contributed by atoms with Crippen molar-refractivity contribution in [1.82, 2.24) is 0 Å². The number of hydrogen-bond donors (Lipinski definition) is 1. The van der Waals surface area contributed by atoms with Crippen LogP contribution < -0.4 is 9.47 Å². The molecule has 0 aliphatic carbocycles. The van der Waals surface area contributed by atoms with E-state index in [4.69, 9.17) is 14.6 Å². The third kappa shape index (κ3) is 3.84. The summed E-state index contributed by atoms with van der Waals surface area (Å²) in [6, 6.07) is 2.88. The van der Waals surface area contributed by atoms with Crippen LogP contribution in [0.1, 0.15) is 18.9 Å². The fourth-order valence-electron chi connectivity index (χ4n) is 1.64. The average molecular weight is 269 g/mol. The zero-order chi connectivity index (χ0) is 14.4. The molecule has 0 spiro atoms. The third-order valence-corrected chi connectivity index (χ3v) is 2.42. The topological polar surface area (TPSA) is 98.9 Å². The quantitative estimate of drug-likeness (QED) is 0.600. The number of aliphatic carboxylic acids is 1. The molecule has 0 bridgehead atoms. The predicted octanol–water partition coefficient (Wildman–Crippen LogP) is 2.02. The van der Waals surface area contributed by atoms with E-state index in [9.17, 15) is 14.9 Å². The highest BCUT2D eigenvalue weighted by atomic mass is 16.6. The first kappa shape index (κ1) is 14.7. The molecule has 0 aliphatic heterocycles. The number of nitro benzene ring substituents is 1. The Morgan fingerprint density at radius 3 is 2.63 bits per heavy atom. The van der Waals surface area contributed by atoms with Gasteiger partial charge in [-0.25, -0.2) is 0 Å². The molecule has 7 nitrogen and oxygen atoms in total. The van der Waals surface area contributed by atoms with Gasteiger partial charge < -0.3 is 14.6 Å². The van der Waals surface area contributed by atoms with Crippen LogP contribution in [0.3, 0.4) is 0 Å². The summed E-state index contributed by atoms with van der Waals surface area (Å²) in [5.41, 5.74) is 0.298. The maximum absolute atomic E-state index is 11.0. The molecule has 0 atom stereocenters. The summed E-state index contributed by atoms with van der Waals surface area (Å²) in [5, 5.41) is 19.6. The molecule has 1 aromatic rings. The molecule has 0 heterocycles. The summed E-state index contributed by atoms with van der Waals surface area (Å²) < 4.78 is 10.3. The summed E-state index contributed by atoms with van der Waals surface area (Å²) >= 11 is 0. The molecule has 1 aromatic carbocycles. The van der Waals surface area contributed by atoms with Gasteiger partial charge in [-0.1, -0.05) is 0 Å². The molecule has 0 amide bonds. The second-order valence-electron chi connectivity index (χ2n) is 3.73. The Bertz CT molecular complexity index is 485. The molecule has 19 heavy (non-hydrogen) atoms. The van der Waals surface area contributed by atoms with Crippen molar-refractivity contribution in [3.05, 3.63) is 27.8 Å². The normalized spacial score (nSPS) is 10.0. The average Bonchev–Trinajstić information content (AvgIpc) is 2.36. The molecule has 0 fully saturated rings. The smallest absolute Gasteiger partial charge is 0.315 e. The number of rotatable bonds is 7. The Kier molecular flexibility index (Phi) is 5.11. The lowest BCUT2D eigenvalue weighted by atomic mass is 10.1. The van der Waals surface area contributed by atoms with Gasteiger partial charge in [-0.05, 0) is 25.0 Å². The van der Waals surface area contributed by atoms with E-state index in [0.717, 1.165) is 0 Å². The van der Waals surface area contributed by atoms with Gasteiger partial charge in [0.05, 0.1) is 18.6 Å². The fraction of sp³-hybridized carbons (Fsp3) is 0.417. The van der Waals surface area contributed by atoms with E-state index in [1.54, 1.807) is 13.0 Å². The van der Waals surface area contributed by atoms with Gasteiger partial charge in [-0.3, -0.25) is 14.9 Å². The van der Waals surface area contributed by atoms with Crippen LogP contribution in [-0.4, -0.2) is 29.7 Å². The largest absolute Gasteiger partial charge is 0.490 e. The van der Waals surface area contributed by atoms with Gasteiger partial charge in [-0.2, -0.15) is 0 Å². The molecular formula is C12H15NO6. The van der Waals surface area contributed by atoms with Crippen molar-refractivity contribution in [3.8, 4) is 11.5 Å². The van der Waals surface area contributed by atoms with Crippen molar-refractivity contribution in [1.29, 1.82) is 0 Å². The Morgan fingerprint density at radius 2 is 2.16 bits per heavy atom. The molecule has 0 unspecified atom stereocenters. The highest BCUT2D eigenvalue weighted by Crippen LogP contribution is 2.38. The number of carboxylic acids is 1. The second kappa shape index (κ2) is 6.58. The highest BCUT2D eigenvalue weighted by molar-refractivity contribution is 5.67. The molecule has 1 N–H and O–H groups in total.